The topological polar surface area (TPSA) is 139 Å². The third-order valence-electron chi connectivity index (χ3n) is 4.44. The molecule has 0 unspecified atom stereocenters. The largest absolute Gasteiger partial charge is 0.384 e. The Morgan fingerprint density at radius 1 is 1.00 bits per heavy atom. The summed E-state index contributed by atoms with van der Waals surface area (Å²) in [4.78, 5) is 12.6. The minimum Gasteiger partial charge on any atom is -0.384 e. The zero-order valence-corrected chi connectivity index (χ0v) is 16.5. The minimum atomic E-state index is -3.86. The molecule has 1 amide bonds. The summed E-state index contributed by atoms with van der Waals surface area (Å²) in [5.74, 6) is -0.997. The Kier molecular flexibility index (Phi) is 5.95. The number of primary sulfonamides is 1. The molecule has 3 aromatic carbocycles. The predicted molar refractivity (Wildman–Crippen MR) is 112 cm³/mol. The third kappa shape index (κ3) is 4.88. The van der Waals surface area contributed by atoms with E-state index < -0.39 is 21.7 Å². The second kappa shape index (κ2) is 8.44. The number of nitrogens with two attached hydrogens (primary N) is 2. The van der Waals surface area contributed by atoms with Crippen LogP contribution in [0.3, 0.4) is 0 Å². The van der Waals surface area contributed by atoms with E-state index in [1.54, 1.807) is 24.3 Å². The molecular weight excluding hydrogens is 407 g/mol. The average molecular weight is 426 g/mol. The monoisotopic (exact) mass is 426 g/mol. The molecular formula is C21H19FN4O3S. The highest BCUT2D eigenvalue weighted by atomic mass is 32.2. The fourth-order valence-corrected chi connectivity index (χ4v) is 3.37. The summed E-state index contributed by atoms with van der Waals surface area (Å²) in [6.07, 6.45) is 0. The van der Waals surface area contributed by atoms with Gasteiger partial charge in [0.2, 0.25) is 10.0 Å². The number of benzene rings is 3. The summed E-state index contributed by atoms with van der Waals surface area (Å²) < 4.78 is 36.7. The van der Waals surface area contributed by atoms with Gasteiger partial charge in [0.1, 0.15) is 11.7 Å². The molecule has 6 N–H and O–H groups in total. The first-order valence-electron chi connectivity index (χ1n) is 8.79. The van der Waals surface area contributed by atoms with Crippen molar-refractivity contribution >= 4 is 21.8 Å². The lowest BCUT2D eigenvalue weighted by atomic mass is 9.99. The molecule has 0 saturated carbocycles. The fraction of sp³-hybridized carbons (Fsp3) is 0.0476. The van der Waals surface area contributed by atoms with Crippen molar-refractivity contribution in [2.45, 2.75) is 11.4 Å². The van der Waals surface area contributed by atoms with Crippen LogP contribution in [0.1, 0.15) is 21.5 Å². The van der Waals surface area contributed by atoms with Gasteiger partial charge in [0.15, 0.2) is 0 Å². The van der Waals surface area contributed by atoms with Gasteiger partial charge in [-0.2, -0.15) is 0 Å². The first-order valence-corrected chi connectivity index (χ1v) is 10.3. The number of sulfonamides is 1. The minimum absolute atomic E-state index is 0.0463. The van der Waals surface area contributed by atoms with Gasteiger partial charge < -0.3 is 11.1 Å². The van der Waals surface area contributed by atoms with E-state index in [2.05, 4.69) is 5.32 Å². The summed E-state index contributed by atoms with van der Waals surface area (Å²) in [7, 11) is -3.86. The molecule has 0 fully saturated rings. The molecule has 154 valence electrons. The Hall–Kier alpha value is -3.56. The van der Waals surface area contributed by atoms with E-state index >= 15 is 0 Å². The van der Waals surface area contributed by atoms with Crippen LogP contribution < -0.4 is 16.2 Å². The Morgan fingerprint density at radius 2 is 1.63 bits per heavy atom. The van der Waals surface area contributed by atoms with E-state index in [0.29, 0.717) is 16.7 Å². The van der Waals surface area contributed by atoms with Crippen molar-refractivity contribution in [1.82, 2.24) is 5.32 Å². The number of amides is 1. The molecule has 0 atom stereocenters. The van der Waals surface area contributed by atoms with Gasteiger partial charge in [-0.05, 0) is 47.0 Å². The quantitative estimate of drug-likeness (QED) is 0.355. The standard InChI is InChI=1S/C21H19FN4O3S/c22-16-7-10-18(19(11-16)14-5-8-17(9-6-14)30(25,28)29)21(27)26-12-13-1-3-15(4-2-13)20(23)24/h1-11H,12H2,(H3,23,24)(H,26,27)(H2,25,28,29). The lowest BCUT2D eigenvalue weighted by Gasteiger charge is -2.12. The van der Waals surface area contributed by atoms with Crippen molar-refractivity contribution in [3.63, 3.8) is 0 Å². The lowest BCUT2D eigenvalue weighted by Crippen LogP contribution is -2.23. The van der Waals surface area contributed by atoms with Crippen LogP contribution in [0.5, 0.6) is 0 Å². The molecule has 0 aliphatic carbocycles. The SMILES string of the molecule is N=C(N)c1ccc(CNC(=O)c2ccc(F)cc2-c2ccc(S(N)(=O)=O)cc2)cc1. The van der Waals surface area contributed by atoms with Crippen LogP contribution in [0.15, 0.2) is 71.6 Å². The van der Waals surface area contributed by atoms with E-state index in [1.807, 2.05) is 0 Å². The third-order valence-corrected chi connectivity index (χ3v) is 5.37. The number of nitrogen functional groups attached to an aromatic ring is 1. The van der Waals surface area contributed by atoms with Gasteiger partial charge in [0, 0.05) is 17.7 Å². The molecule has 30 heavy (non-hydrogen) atoms. The van der Waals surface area contributed by atoms with Crippen molar-refractivity contribution in [2.75, 3.05) is 0 Å². The first kappa shape index (κ1) is 21.2. The second-order valence-electron chi connectivity index (χ2n) is 6.55. The lowest BCUT2D eigenvalue weighted by molar-refractivity contribution is 0.0951. The highest BCUT2D eigenvalue weighted by molar-refractivity contribution is 7.89. The average Bonchev–Trinajstić information content (AvgIpc) is 2.71. The molecule has 0 bridgehead atoms. The van der Waals surface area contributed by atoms with Crippen LogP contribution in [-0.4, -0.2) is 20.2 Å². The Bertz CT molecular complexity index is 1210. The maximum Gasteiger partial charge on any atom is 0.252 e. The number of halogens is 1. The van der Waals surface area contributed by atoms with Crippen LogP contribution >= 0.6 is 0 Å². The maximum atomic E-state index is 13.8. The predicted octanol–water partition coefficient (Wildman–Crippen LogP) is 2.35. The number of rotatable bonds is 6. The molecule has 0 radical (unpaired) electrons. The van der Waals surface area contributed by atoms with Crippen LogP contribution in [0.2, 0.25) is 0 Å². The molecule has 0 aromatic heterocycles. The number of carbonyl (C=O) groups excluding carboxylic acids is 1. The number of hydrogen-bond acceptors (Lipinski definition) is 4. The Labute approximate surface area is 173 Å². The molecule has 9 heteroatoms. The maximum absolute atomic E-state index is 13.8. The Morgan fingerprint density at radius 3 is 2.20 bits per heavy atom. The van der Waals surface area contributed by atoms with Gasteiger partial charge in [-0.25, -0.2) is 17.9 Å². The molecule has 3 aromatic rings. The summed E-state index contributed by atoms with van der Waals surface area (Å²) in [6.45, 7) is 0.220. The summed E-state index contributed by atoms with van der Waals surface area (Å²) in [5, 5.41) is 15.3. The number of nitrogens with one attached hydrogen (secondary N) is 2. The van der Waals surface area contributed by atoms with E-state index in [0.717, 1.165) is 5.56 Å². The zero-order valence-electron chi connectivity index (χ0n) is 15.7. The van der Waals surface area contributed by atoms with Crippen LogP contribution in [-0.2, 0) is 16.6 Å². The summed E-state index contributed by atoms with van der Waals surface area (Å²) >= 11 is 0. The van der Waals surface area contributed by atoms with Gasteiger partial charge in [-0.15, -0.1) is 0 Å². The van der Waals surface area contributed by atoms with E-state index in [1.165, 1.54) is 42.5 Å². The van der Waals surface area contributed by atoms with Gasteiger partial charge >= 0.3 is 0 Å². The first-order chi connectivity index (χ1) is 14.1. The second-order valence-corrected chi connectivity index (χ2v) is 8.11. The van der Waals surface area contributed by atoms with E-state index in [-0.39, 0.29) is 22.8 Å². The molecule has 0 heterocycles. The van der Waals surface area contributed by atoms with E-state index in [9.17, 15) is 17.6 Å². The molecule has 3 rings (SSSR count). The fourth-order valence-electron chi connectivity index (χ4n) is 2.86. The summed E-state index contributed by atoms with van der Waals surface area (Å²) in [5.41, 5.74) is 7.83. The zero-order chi connectivity index (χ0) is 21.9. The van der Waals surface area contributed by atoms with Crippen molar-refractivity contribution in [1.29, 1.82) is 5.41 Å². The number of carbonyl (C=O) groups is 1. The highest BCUT2D eigenvalue weighted by Gasteiger charge is 2.15. The number of hydrogen-bond donors (Lipinski definition) is 4. The van der Waals surface area contributed by atoms with Crippen molar-refractivity contribution < 1.29 is 17.6 Å². The van der Waals surface area contributed by atoms with Gasteiger partial charge in [0.25, 0.3) is 5.91 Å². The van der Waals surface area contributed by atoms with Crippen LogP contribution in [0.25, 0.3) is 11.1 Å². The molecule has 0 aliphatic heterocycles. The number of amidine groups is 1. The molecule has 7 nitrogen and oxygen atoms in total. The van der Waals surface area contributed by atoms with E-state index in [4.69, 9.17) is 16.3 Å². The summed E-state index contributed by atoms with van der Waals surface area (Å²) in [6, 6.07) is 16.1. The van der Waals surface area contributed by atoms with Crippen LogP contribution in [0.4, 0.5) is 4.39 Å². The molecule has 0 spiro atoms. The van der Waals surface area contributed by atoms with Crippen molar-refractivity contribution in [2.24, 2.45) is 10.9 Å². The van der Waals surface area contributed by atoms with Crippen LogP contribution in [0, 0.1) is 11.2 Å². The molecule has 0 saturated heterocycles. The van der Waals surface area contributed by atoms with Gasteiger partial charge in [-0.3, -0.25) is 10.2 Å². The smallest absolute Gasteiger partial charge is 0.252 e. The normalized spacial score (nSPS) is 11.1. The van der Waals surface area contributed by atoms with Crippen molar-refractivity contribution in [3.8, 4) is 11.1 Å². The molecule has 0 aliphatic rings. The highest BCUT2D eigenvalue weighted by Crippen LogP contribution is 2.26. The Balaban J connectivity index is 1.83. The van der Waals surface area contributed by atoms with Crippen molar-refractivity contribution in [3.05, 3.63) is 89.2 Å². The van der Waals surface area contributed by atoms with Gasteiger partial charge in [0.05, 0.1) is 4.90 Å². The van der Waals surface area contributed by atoms with Gasteiger partial charge in [-0.1, -0.05) is 36.4 Å².